The lowest BCUT2D eigenvalue weighted by Crippen LogP contribution is -2.59. The molecule has 3 heterocycles. The van der Waals surface area contributed by atoms with Crippen LogP contribution in [0, 0.1) is 0 Å². The van der Waals surface area contributed by atoms with Crippen LogP contribution in [0.5, 0.6) is 0 Å². The van der Waals surface area contributed by atoms with E-state index in [1.165, 1.54) is 12.8 Å². The number of ether oxygens (including phenoxy) is 1. The van der Waals surface area contributed by atoms with Gasteiger partial charge in [0.2, 0.25) is 0 Å². The van der Waals surface area contributed by atoms with Crippen molar-refractivity contribution >= 4 is 11.5 Å². The molecule has 0 unspecified atom stereocenters. The van der Waals surface area contributed by atoms with Gasteiger partial charge in [0.05, 0.1) is 11.2 Å². The molecule has 0 atom stereocenters. The van der Waals surface area contributed by atoms with E-state index in [2.05, 4.69) is 41.9 Å². The van der Waals surface area contributed by atoms with E-state index >= 15 is 0 Å². The van der Waals surface area contributed by atoms with Crippen molar-refractivity contribution in [3.05, 3.63) is 18.0 Å². The van der Waals surface area contributed by atoms with Crippen LogP contribution in [0.25, 0.3) is 5.65 Å². The van der Waals surface area contributed by atoms with Crippen LogP contribution in [0.15, 0.2) is 12.1 Å². The van der Waals surface area contributed by atoms with Crippen LogP contribution in [0.3, 0.4) is 0 Å². The summed E-state index contributed by atoms with van der Waals surface area (Å²) in [5.41, 5.74) is 0.660. The highest BCUT2D eigenvalue weighted by Crippen LogP contribution is 2.41. The number of nitrogens with zero attached hydrogens (tertiary/aromatic N) is 5. The quantitative estimate of drug-likeness (QED) is 0.852. The topological polar surface area (TPSA) is 55.5 Å². The van der Waals surface area contributed by atoms with Gasteiger partial charge in [0.25, 0.3) is 0 Å². The minimum atomic E-state index is -0.153. The third-order valence-corrected chi connectivity index (χ3v) is 5.01. The molecule has 124 valence electrons. The highest BCUT2D eigenvalue weighted by molar-refractivity contribution is 5.47. The molecule has 0 amide bonds. The number of aryl methyl sites for hydroxylation is 1. The Kier molecular flexibility index (Phi) is 3.34. The van der Waals surface area contributed by atoms with Gasteiger partial charge in [-0.2, -0.15) is 4.52 Å². The van der Waals surface area contributed by atoms with Crippen LogP contribution in [-0.2, 0) is 11.2 Å². The average molecular weight is 315 g/mol. The maximum Gasteiger partial charge on any atom is 0.178 e. The van der Waals surface area contributed by atoms with Gasteiger partial charge in [-0.05, 0) is 38.8 Å². The molecule has 2 aromatic rings. The van der Waals surface area contributed by atoms with Crippen molar-refractivity contribution in [1.29, 1.82) is 0 Å². The van der Waals surface area contributed by atoms with Gasteiger partial charge in [-0.3, -0.25) is 0 Å². The van der Waals surface area contributed by atoms with Crippen molar-refractivity contribution in [3.63, 3.8) is 0 Å². The maximum absolute atomic E-state index is 6.49. The molecule has 0 N–H and O–H groups in total. The summed E-state index contributed by atoms with van der Waals surface area (Å²) in [6.45, 7) is 8.24. The second-order valence-electron chi connectivity index (χ2n) is 7.54. The third-order valence-electron chi connectivity index (χ3n) is 5.01. The van der Waals surface area contributed by atoms with Crippen molar-refractivity contribution < 1.29 is 4.74 Å². The molecule has 0 aromatic carbocycles. The largest absolute Gasteiger partial charge is 0.365 e. The molecule has 2 fully saturated rings. The Labute approximate surface area is 136 Å². The normalized spacial score (nSPS) is 23.0. The van der Waals surface area contributed by atoms with Gasteiger partial charge in [0.1, 0.15) is 5.82 Å². The minimum absolute atomic E-state index is 0.000832. The summed E-state index contributed by atoms with van der Waals surface area (Å²) in [5, 5.41) is 13.2. The molecule has 0 radical (unpaired) electrons. The van der Waals surface area contributed by atoms with Crippen molar-refractivity contribution in [3.8, 4) is 0 Å². The molecule has 1 saturated heterocycles. The van der Waals surface area contributed by atoms with E-state index in [9.17, 15) is 0 Å². The SMILES string of the molecule is CCc1nnc2ccc(N3CC(C)(C)OC4(CCCC4)C3)nn12. The zero-order valence-corrected chi connectivity index (χ0v) is 14.2. The Morgan fingerprint density at radius 1 is 1.13 bits per heavy atom. The number of morpholine rings is 1. The van der Waals surface area contributed by atoms with Gasteiger partial charge in [0, 0.05) is 19.5 Å². The van der Waals surface area contributed by atoms with Gasteiger partial charge >= 0.3 is 0 Å². The van der Waals surface area contributed by atoms with Crippen molar-refractivity contribution in [2.45, 2.75) is 64.1 Å². The molecule has 1 aliphatic heterocycles. The molecule has 4 rings (SSSR count). The molecule has 1 saturated carbocycles. The fourth-order valence-electron chi connectivity index (χ4n) is 4.17. The fraction of sp³-hybridized carbons (Fsp3) is 0.706. The molecule has 1 spiro atoms. The Morgan fingerprint density at radius 3 is 2.65 bits per heavy atom. The van der Waals surface area contributed by atoms with E-state index in [1.807, 2.05) is 10.6 Å². The zero-order valence-electron chi connectivity index (χ0n) is 14.2. The van der Waals surface area contributed by atoms with Crippen LogP contribution in [-0.4, -0.2) is 44.1 Å². The van der Waals surface area contributed by atoms with Crippen molar-refractivity contribution in [1.82, 2.24) is 19.8 Å². The van der Waals surface area contributed by atoms with Crippen LogP contribution >= 0.6 is 0 Å². The van der Waals surface area contributed by atoms with E-state index in [0.717, 1.165) is 49.6 Å². The Balaban J connectivity index is 1.71. The summed E-state index contributed by atoms with van der Waals surface area (Å²) in [6, 6.07) is 4.08. The van der Waals surface area contributed by atoms with Crippen molar-refractivity contribution in [2.24, 2.45) is 0 Å². The summed E-state index contributed by atoms with van der Waals surface area (Å²) in [7, 11) is 0. The van der Waals surface area contributed by atoms with Crippen LogP contribution in [0.1, 0.15) is 52.3 Å². The average Bonchev–Trinajstić information content (AvgIpc) is 3.11. The molecule has 2 aliphatic rings. The lowest BCUT2D eigenvalue weighted by atomic mass is 9.94. The number of rotatable bonds is 2. The maximum atomic E-state index is 6.49. The number of hydrogen-bond donors (Lipinski definition) is 0. The molecule has 23 heavy (non-hydrogen) atoms. The summed E-state index contributed by atoms with van der Waals surface area (Å²) < 4.78 is 8.36. The van der Waals surface area contributed by atoms with Gasteiger partial charge < -0.3 is 9.64 Å². The van der Waals surface area contributed by atoms with E-state index in [-0.39, 0.29) is 11.2 Å². The van der Waals surface area contributed by atoms with E-state index in [0.29, 0.717) is 0 Å². The number of aromatic nitrogens is 4. The third kappa shape index (κ3) is 2.59. The summed E-state index contributed by atoms with van der Waals surface area (Å²) >= 11 is 0. The number of anilines is 1. The first kappa shape index (κ1) is 14.9. The van der Waals surface area contributed by atoms with Gasteiger partial charge in [-0.1, -0.05) is 19.8 Å². The molecular formula is C17H25N5O. The second-order valence-corrected chi connectivity index (χ2v) is 7.54. The highest BCUT2D eigenvalue weighted by Gasteiger charge is 2.46. The van der Waals surface area contributed by atoms with Gasteiger partial charge in [-0.25, -0.2) is 0 Å². The molecule has 0 bridgehead atoms. The molecule has 6 heteroatoms. The Hall–Kier alpha value is -1.69. The van der Waals surface area contributed by atoms with Crippen LogP contribution in [0.4, 0.5) is 5.82 Å². The van der Waals surface area contributed by atoms with E-state index in [4.69, 9.17) is 9.84 Å². The Bertz CT molecular complexity index is 717. The number of fused-ring (bicyclic) bond motifs is 1. The van der Waals surface area contributed by atoms with Gasteiger partial charge in [0.15, 0.2) is 11.5 Å². The molecule has 6 nitrogen and oxygen atoms in total. The minimum Gasteiger partial charge on any atom is -0.365 e. The molecular weight excluding hydrogens is 290 g/mol. The predicted octanol–water partition coefficient (Wildman–Crippen LogP) is 2.61. The summed E-state index contributed by atoms with van der Waals surface area (Å²) in [4.78, 5) is 2.38. The van der Waals surface area contributed by atoms with Crippen molar-refractivity contribution in [2.75, 3.05) is 18.0 Å². The predicted molar refractivity (Wildman–Crippen MR) is 88.7 cm³/mol. The first-order chi connectivity index (χ1) is 11.0. The summed E-state index contributed by atoms with van der Waals surface area (Å²) in [5.74, 6) is 1.90. The first-order valence-corrected chi connectivity index (χ1v) is 8.67. The monoisotopic (exact) mass is 315 g/mol. The Morgan fingerprint density at radius 2 is 1.91 bits per heavy atom. The van der Waals surface area contributed by atoms with Gasteiger partial charge in [-0.15, -0.1) is 15.3 Å². The lowest BCUT2D eigenvalue weighted by Gasteiger charge is -2.49. The lowest BCUT2D eigenvalue weighted by molar-refractivity contribution is -0.148. The van der Waals surface area contributed by atoms with E-state index in [1.54, 1.807) is 0 Å². The standard InChI is InChI=1S/C17H25N5O/c1-4-13-18-19-14-7-8-15(20-22(13)14)21-11-16(2,3)23-17(12-21)9-5-6-10-17/h7-8H,4-6,9-12H2,1-3H3. The molecule has 1 aliphatic carbocycles. The zero-order chi connectivity index (χ0) is 16.1. The summed E-state index contributed by atoms with van der Waals surface area (Å²) in [6.07, 6.45) is 5.67. The second kappa shape index (κ2) is 5.16. The fourth-order valence-corrected chi connectivity index (χ4v) is 4.17. The first-order valence-electron chi connectivity index (χ1n) is 8.67. The number of hydrogen-bond acceptors (Lipinski definition) is 5. The van der Waals surface area contributed by atoms with Crippen LogP contribution in [0.2, 0.25) is 0 Å². The highest BCUT2D eigenvalue weighted by atomic mass is 16.5. The van der Waals surface area contributed by atoms with E-state index < -0.39 is 0 Å². The van der Waals surface area contributed by atoms with Crippen LogP contribution < -0.4 is 4.90 Å². The smallest absolute Gasteiger partial charge is 0.178 e. The molecule has 2 aromatic heterocycles.